The molecule has 0 spiro atoms. The molecule has 0 aliphatic carbocycles. The first-order valence-electron chi connectivity index (χ1n) is 6.78. The molecule has 0 unspecified atom stereocenters. The topological polar surface area (TPSA) is 37.4 Å². The zero-order chi connectivity index (χ0) is 15.0. The second-order valence-electron chi connectivity index (χ2n) is 5.09. The molecule has 1 aliphatic rings. The minimum Gasteiger partial charge on any atom is -0.308 e. The molecule has 0 saturated heterocycles. The first-order valence-corrected chi connectivity index (χ1v) is 7.57. The van der Waals surface area contributed by atoms with Crippen LogP contribution in [0.15, 0.2) is 46.9 Å². The van der Waals surface area contributed by atoms with Crippen LogP contribution < -0.4 is 4.90 Å². The molecule has 0 saturated carbocycles. The number of fused-ring (bicyclic) bond motifs is 1. The molecule has 3 rings (SSSR count). The lowest BCUT2D eigenvalue weighted by atomic mass is 10.1. The Labute approximate surface area is 131 Å². The molecule has 1 heterocycles. The third-order valence-corrected chi connectivity index (χ3v) is 4.42. The molecule has 1 aliphatic heterocycles. The van der Waals surface area contributed by atoms with Crippen molar-refractivity contribution in [1.82, 2.24) is 0 Å². The highest BCUT2D eigenvalue weighted by Gasteiger charge is 2.26. The summed E-state index contributed by atoms with van der Waals surface area (Å²) in [6, 6.07) is 13.0. The van der Waals surface area contributed by atoms with E-state index in [-0.39, 0.29) is 11.7 Å². The molecule has 0 bridgehead atoms. The van der Waals surface area contributed by atoms with E-state index in [0.29, 0.717) is 17.7 Å². The zero-order valence-corrected chi connectivity index (χ0v) is 13.2. The molecule has 2 aromatic carbocycles. The highest BCUT2D eigenvalue weighted by Crippen LogP contribution is 2.31. The van der Waals surface area contributed by atoms with E-state index in [2.05, 4.69) is 15.9 Å². The van der Waals surface area contributed by atoms with Crippen LogP contribution in [0.2, 0.25) is 0 Å². The molecule has 4 heteroatoms. The van der Waals surface area contributed by atoms with Crippen molar-refractivity contribution in [3.05, 3.63) is 63.6 Å². The van der Waals surface area contributed by atoms with E-state index in [4.69, 9.17) is 0 Å². The fourth-order valence-electron chi connectivity index (χ4n) is 2.61. The SMILES string of the molecule is CC(=O)c1ccc2c(c1)CCN2C(=O)c1ccccc1Br. The summed E-state index contributed by atoms with van der Waals surface area (Å²) in [5, 5.41) is 0. The van der Waals surface area contributed by atoms with E-state index in [9.17, 15) is 9.59 Å². The molecular weight excluding hydrogens is 330 g/mol. The van der Waals surface area contributed by atoms with Gasteiger partial charge in [-0.25, -0.2) is 0 Å². The van der Waals surface area contributed by atoms with Gasteiger partial charge in [-0.3, -0.25) is 9.59 Å². The van der Waals surface area contributed by atoms with Crippen molar-refractivity contribution in [3.63, 3.8) is 0 Å². The van der Waals surface area contributed by atoms with Gasteiger partial charge in [-0.05, 0) is 65.2 Å². The summed E-state index contributed by atoms with van der Waals surface area (Å²) in [4.78, 5) is 25.9. The van der Waals surface area contributed by atoms with Crippen LogP contribution in [0.4, 0.5) is 5.69 Å². The minimum absolute atomic E-state index is 0.0169. The van der Waals surface area contributed by atoms with Gasteiger partial charge in [0.25, 0.3) is 5.91 Å². The van der Waals surface area contributed by atoms with Gasteiger partial charge in [-0.2, -0.15) is 0 Å². The lowest BCUT2D eigenvalue weighted by molar-refractivity contribution is 0.0986. The van der Waals surface area contributed by atoms with E-state index < -0.39 is 0 Å². The van der Waals surface area contributed by atoms with Gasteiger partial charge < -0.3 is 4.90 Å². The van der Waals surface area contributed by atoms with Crippen LogP contribution in [0.25, 0.3) is 0 Å². The van der Waals surface area contributed by atoms with E-state index in [1.165, 1.54) is 0 Å². The van der Waals surface area contributed by atoms with Crippen LogP contribution in [-0.4, -0.2) is 18.2 Å². The van der Waals surface area contributed by atoms with E-state index >= 15 is 0 Å². The Morgan fingerprint density at radius 1 is 1.14 bits per heavy atom. The predicted octanol–water partition coefficient (Wildman–Crippen LogP) is 3.85. The van der Waals surface area contributed by atoms with E-state index in [0.717, 1.165) is 22.1 Å². The lowest BCUT2D eigenvalue weighted by Crippen LogP contribution is -2.29. The number of nitrogens with zero attached hydrogens (tertiary/aromatic N) is 1. The average molecular weight is 344 g/mol. The Bertz CT molecular complexity index is 739. The summed E-state index contributed by atoms with van der Waals surface area (Å²) in [7, 11) is 0. The summed E-state index contributed by atoms with van der Waals surface area (Å²) < 4.78 is 0.795. The molecule has 106 valence electrons. The molecule has 0 aromatic heterocycles. The Kier molecular flexibility index (Phi) is 3.64. The number of halogens is 1. The summed E-state index contributed by atoms with van der Waals surface area (Å²) in [6.45, 7) is 2.21. The number of amides is 1. The average Bonchev–Trinajstić information content (AvgIpc) is 2.90. The molecule has 1 amide bonds. The summed E-state index contributed by atoms with van der Waals surface area (Å²) in [5.74, 6) is 0.0326. The van der Waals surface area contributed by atoms with E-state index in [1.54, 1.807) is 17.9 Å². The van der Waals surface area contributed by atoms with Crippen molar-refractivity contribution in [1.29, 1.82) is 0 Å². The first-order chi connectivity index (χ1) is 10.1. The fraction of sp³-hybridized carbons (Fsp3) is 0.176. The van der Waals surface area contributed by atoms with Gasteiger partial charge >= 0.3 is 0 Å². The quantitative estimate of drug-likeness (QED) is 0.776. The van der Waals surface area contributed by atoms with Crippen LogP contribution in [0.3, 0.4) is 0 Å². The third kappa shape index (κ3) is 2.51. The standard InChI is InChI=1S/C17H14BrNO2/c1-11(20)12-6-7-16-13(10-12)8-9-19(16)17(21)14-4-2-3-5-15(14)18/h2-7,10H,8-9H2,1H3. The summed E-state index contributed by atoms with van der Waals surface area (Å²) >= 11 is 3.42. The molecule has 0 N–H and O–H groups in total. The number of rotatable bonds is 2. The second kappa shape index (κ2) is 5.45. The molecule has 21 heavy (non-hydrogen) atoms. The number of anilines is 1. The largest absolute Gasteiger partial charge is 0.308 e. The van der Waals surface area contributed by atoms with Gasteiger partial charge in [-0.1, -0.05) is 12.1 Å². The van der Waals surface area contributed by atoms with Crippen molar-refractivity contribution in [3.8, 4) is 0 Å². The highest BCUT2D eigenvalue weighted by atomic mass is 79.9. The Morgan fingerprint density at radius 2 is 1.90 bits per heavy atom. The second-order valence-corrected chi connectivity index (χ2v) is 5.94. The number of ketones is 1. The molecule has 0 radical (unpaired) electrons. The monoisotopic (exact) mass is 343 g/mol. The van der Waals surface area contributed by atoms with Crippen molar-refractivity contribution in [2.24, 2.45) is 0 Å². The van der Waals surface area contributed by atoms with Gasteiger partial charge in [-0.15, -0.1) is 0 Å². The van der Waals surface area contributed by atoms with Crippen LogP contribution in [-0.2, 0) is 6.42 Å². The fourth-order valence-corrected chi connectivity index (χ4v) is 3.07. The lowest BCUT2D eigenvalue weighted by Gasteiger charge is -2.18. The normalized spacial score (nSPS) is 13.1. The maximum Gasteiger partial charge on any atom is 0.259 e. The smallest absolute Gasteiger partial charge is 0.259 e. The van der Waals surface area contributed by atoms with E-state index in [1.807, 2.05) is 36.4 Å². The van der Waals surface area contributed by atoms with Gasteiger partial charge in [0.15, 0.2) is 5.78 Å². The highest BCUT2D eigenvalue weighted by molar-refractivity contribution is 9.10. The number of benzene rings is 2. The van der Waals surface area contributed by atoms with Gasteiger partial charge in [0.05, 0.1) is 5.56 Å². The van der Waals surface area contributed by atoms with Crippen LogP contribution >= 0.6 is 15.9 Å². The number of Topliss-reactive ketones (excluding diaryl/α,β-unsaturated/α-hetero) is 1. The summed E-state index contributed by atoms with van der Waals surface area (Å²) in [6.07, 6.45) is 0.784. The predicted molar refractivity (Wildman–Crippen MR) is 86.0 cm³/mol. The number of hydrogen-bond acceptors (Lipinski definition) is 2. The minimum atomic E-state index is -0.0169. The molecule has 0 atom stereocenters. The van der Waals surface area contributed by atoms with Crippen LogP contribution in [0.5, 0.6) is 0 Å². The van der Waals surface area contributed by atoms with Crippen molar-refractivity contribution in [2.45, 2.75) is 13.3 Å². The number of hydrogen-bond donors (Lipinski definition) is 0. The van der Waals surface area contributed by atoms with Crippen molar-refractivity contribution >= 4 is 33.3 Å². The van der Waals surface area contributed by atoms with Crippen LogP contribution in [0.1, 0.15) is 33.2 Å². The number of carbonyl (C=O) groups excluding carboxylic acids is 2. The first kappa shape index (κ1) is 14.0. The van der Waals surface area contributed by atoms with Crippen molar-refractivity contribution in [2.75, 3.05) is 11.4 Å². The van der Waals surface area contributed by atoms with Crippen LogP contribution in [0, 0.1) is 0 Å². The van der Waals surface area contributed by atoms with Crippen molar-refractivity contribution < 1.29 is 9.59 Å². The maximum atomic E-state index is 12.7. The van der Waals surface area contributed by atoms with Gasteiger partial charge in [0, 0.05) is 22.3 Å². The zero-order valence-electron chi connectivity index (χ0n) is 11.6. The maximum absolute atomic E-state index is 12.7. The number of carbonyl (C=O) groups is 2. The molecule has 0 fully saturated rings. The Morgan fingerprint density at radius 3 is 2.62 bits per heavy atom. The Hall–Kier alpha value is -1.94. The van der Waals surface area contributed by atoms with Gasteiger partial charge in [0.1, 0.15) is 0 Å². The molecule has 3 nitrogen and oxygen atoms in total. The molecular formula is C17H14BrNO2. The Balaban J connectivity index is 1.96. The third-order valence-electron chi connectivity index (χ3n) is 3.73. The van der Waals surface area contributed by atoms with Gasteiger partial charge in [0.2, 0.25) is 0 Å². The molecule has 2 aromatic rings. The summed E-state index contributed by atoms with van der Waals surface area (Å²) in [5.41, 5.74) is 3.31.